The van der Waals surface area contributed by atoms with Crippen LogP contribution < -0.4 is 0 Å². The highest BCUT2D eigenvalue weighted by atomic mass is 35.5. The molecule has 0 fully saturated rings. The minimum atomic E-state index is 0.184. The number of halogens is 1. The molecule has 0 aliphatic rings. The largest absolute Gasteiger partial charge is 0.298 e. The Morgan fingerprint density at radius 1 is 1.22 bits per heavy atom. The number of hydrogen-bond donors (Lipinski definition) is 0. The first kappa shape index (κ1) is 11.3. The molecule has 0 saturated heterocycles. The van der Waals surface area contributed by atoms with Gasteiger partial charge in [-0.15, -0.1) is 11.3 Å². The molecule has 0 aliphatic carbocycles. The van der Waals surface area contributed by atoms with Gasteiger partial charge in [-0.1, -0.05) is 29.8 Å². The van der Waals surface area contributed by atoms with Crippen LogP contribution in [0.5, 0.6) is 0 Å². The summed E-state index contributed by atoms with van der Waals surface area (Å²) in [6, 6.07) is 7.94. The summed E-state index contributed by atoms with van der Waals surface area (Å²) in [5.41, 5.74) is 1.83. The van der Waals surface area contributed by atoms with Crippen LogP contribution in [-0.4, -0.2) is 16.3 Å². The van der Waals surface area contributed by atoms with Gasteiger partial charge in [0.1, 0.15) is 11.5 Å². The Bertz CT molecular complexity index is 739. The van der Waals surface area contributed by atoms with E-state index in [2.05, 4.69) is 9.97 Å². The predicted molar refractivity (Wildman–Crippen MR) is 73.2 cm³/mol. The summed E-state index contributed by atoms with van der Waals surface area (Å²) in [5, 5.41) is 3.32. The van der Waals surface area contributed by atoms with E-state index in [1.807, 2.05) is 29.6 Å². The lowest BCUT2D eigenvalue weighted by atomic mass is 10.1. The first-order chi connectivity index (χ1) is 8.81. The van der Waals surface area contributed by atoms with Crippen molar-refractivity contribution >= 4 is 39.3 Å². The number of thiophene rings is 1. The zero-order valence-electron chi connectivity index (χ0n) is 9.13. The summed E-state index contributed by atoms with van der Waals surface area (Å²) in [6.45, 7) is 0. The first-order valence-electron chi connectivity index (χ1n) is 5.23. The Hall–Kier alpha value is -1.78. The normalized spacial score (nSPS) is 10.7. The van der Waals surface area contributed by atoms with Crippen molar-refractivity contribution in [1.29, 1.82) is 0 Å². The predicted octanol–water partition coefficient (Wildman–Crippen LogP) is 3.82. The van der Waals surface area contributed by atoms with E-state index in [-0.39, 0.29) is 5.15 Å². The number of nitrogens with zero attached hydrogens (tertiary/aromatic N) is 2. The van der Waals surface area contributed by atoms with Gasteiger partial charge in [0.2, 0.25) is 0 Å². The lowest BCUT2D eigenvalue weighted by molar-refractivity contribution is 0.112. The number of carbonyl (C=O) groups is 1. The molecule has 1 aromatic carbocycles. The van der Waals surface area contributed by atoms with Gasteiger partial charge < -0.3 is 0 Å². The fourth-order valence-corrected chi connectivity index (χ4v) is 2.96. The second kappa shape index (κ2) is 4.48. The van der Waals surface area contributed by atoms with Crippen LogP contribution in [0.15, 0.2) is 36.0 Å². The lowest BCUT2D eigenvalue weighted by Crippen LogP contribution is -1.95. The molecule has 0 saturated carbocycles. The molecule has 0 radical (unpaired) electrons. The minimum absolute atomic E-state index is 0.184. The maximum atomic E-state index is 11.1. The number of carbonyl (C=O) groups excluding carboxylic acids is 1. The van der Waals surface area contributed by atoms with Gasteiger partial charge >= 0.3 is 0 Å². The van der Waals surface area contributed by atoms with Gasteiger partial charge in [-0.05, 0) is 16.8 Å². The number of aromatic nitrogens is 2. The molecule has 2 aromatic heterocycles. The van der Waals surface area contributed by atoms with E-state index in [1.165, 1.54) is 6.33 Å². The summed E-state index contributed by atoms with van der Waals surface area (Å²) < 4.78 is 1.09. The van der Waals surface area contributed by atoms with Crippen molar-refractivity contribution in [3.63, 3.8) is 0 Å². The van der Waals surface area contributed by atoms with E-state index in [0.717, 1.165) is 15.6 Å². The van der Waals surface area contributed by atoms with Crippen molar-refractivity contribution in [2.45, 2.75) is 0 Å². The topological polar surface area (TPSA) is 42.9 Å². The SMILES string of the molecule is O=Cc1c(Cl)ncnc1-c1cccc2ccsc12. The van der Waals surface area contributed by atoms with Crippen molar-refractivity contribution in [2.75, 3.05) is 0 Å². The fourth-order valence-electron chi connectivity index (χ4n) is 1.87. The average molecular weight is 275 g/mol. The quantitative estimate of drug-likeness (QED) is 0.527. The van der Waals surface area contributed by atoms with Crippen LogP contribution in [0.2, 0.25) is 5.15 Å². The van der Waals surface area contributed by atoms with Gasteiger partial charge in [0.05, 0.1) is 11.3 Å². The molecule has 5 heteroatoms. The maximum absolute atomic E-state index is 11.1. The lowest BCUT2D eigenvalue weighted by Gasteiger charge is -2.05. The second-order valence-corrected chi connectivity index (χ2v) is 4.96. The zero-order valence-corrected chi connectivity index (χ0v) is 10.7. The fraction of sp³-hybridized carbons (Fsp3) is 0. The highest BCUT2D eigenvalue weighted by Crippen LogP contribution is 2.33. The number of fused-ring (bicyclic) bond motifs is 1. The number of aldehydes is 1. The summed E-state index contributed by atoms with van der Waals surface area (Å²) in [6.07, 6.45) is 2.07. The Kier molecular flexibility index (Phi) is 2.81. The van der Waals surface area contributed by atoms with Crippen molar-refractivity contribution in [3.8, 4) is 11.3 Å². The van der Waals surface area contributed by atoms with Crippen LogP contribution in [0, 0.1) is 0 Å². The van der Waals surface area contributed by atoms with Gasteiger partial charge in [-0.25, -0.2) is 9.97 Å². The number of hydrogen-bond acceptors (Lipinski definition) is 4. The molecule has 88 valence electrons. The van der Waals surface area contributed by atoms with Crippen LogP contribution >= 0.6 is 22.9 Å². The maximum Gasteiger partial charge on any atom is 0.155 e. The second-order valence-electron chi connectivity index (χ2n) is 3.69. The molecule has 0 N–H and O–H groups in total. The van der Waals surface area contributed by atoms with Gasteiger partial charge in [-0.3, -0.25) is 4.79 Å². The van der Waals surface area contributed by atoms with Crippen LogP contribution in [0.4, 0.5) is 0 Å². The van der Waals surface area contributed by atoms with E-state index in [9.17, 15) is 4.79 Å². The van der Waals surface area contributed by atoms with Crippen molar-refractivity contribution in [3.05, 3.63) is 46.7 Å². The Labute approximate surface area is 112 Å². The van der Waals surface area contributed by atoms with Crippen molar-refractivity contribution < 1.29 is 4.79 Å². The summed E-state index contributed by atoms with van der Waals surface area (Å²) in [7, 11) is 0. The van der Waals surface area contributed by atoms with Gasteiger partial charge in [0, 0.05) is 10.3 Å². The van der Waals surface area contributed by atoms with Crippen LogP contribution in [0.1, 0.15) is 10.4 Å². The van der Waals surface area contributed by atoms with E-state index >= 15 is 0 Å². The Morgan fingerprint density at radius 3 is 2.94 bits per heavy atom. The van der Waals surface area contributed by atoms with Gasteiger partial charge in [0.15, 0.2) is 6.29 Å². The van der Waals surface area contributed by atoms with Crippen molar-refractivity contribution in [2.24, 2.45) is 0 Å². The van der Waals surface area contributed by atoms with Gasteiger partial charge in [0.25, 0.3) is 0 Å². The van der Waals surface area contributed by atoms with Gasteiger partial charge in [-0.2, -0.15) is 0 Å². The Morgan fingerprint density at radius 2 is 2.11 bits per heavy atom. The molecule has 3 rings (SSSR count). The molecule has 0 atom stereocenters. The third-order valence-electron chi connectivity index (χ3n) is 2.69. The van der Waals surface area contributed by atoms with Crippen LogP contribution in [-0.2, 0) is 0 Å². The minimum Gasteiger partial charge on any atom is -0.298 e. The Balaban J connectivity index is 2.36. The monoisotopic (exact) mass is 274 g/mol. The standard InChI is InChI=1S/C13H7ClN2OS/c14-13-10(6-17)11(15-7-16-13)9-3-1-2-8-4-5-18-12(8)9/h1-7H. The summed E-state index contributed by atoms with van der Waals surface area (Å²) in [5.74, 6) is 0. The molecule has 18 heavy (non-hydrogen) atoms. The first-order valence-corrected chi connectivity index (χ1v) is 6.49. The highest BCUT2D eigenvalue weighted by Gasteiger charge is 2.13. The molecule has 0 unspecified atom stereocenters. The van der Waals surface area contributed by atoms with E-state index in [0.29, 0.717) is 17.5 Å². The molecule has 3 nitrogen and oxygen atoms in total. The van der Waals surface area contributed by atoms with E-state index in [1.54, 1.807) is 11.3 Å². The smallest absolute Gasteiger partial charge is 0.155 e. The molecule has 2 heterocycles. The molecule has 3 aromatic rings. The van der Waals surface area contributed by atoms with Crippen molar-refractivity contribution in [1.82, 2.24) is 9.97 Å². The molecular formula is C13H7ClN2OS. The zero-order chi connectivity index (χ0) is 12.5. The molecule has 0 aliphatic heterocycles. The van der Waals surface area contributed by atoms with E-state index in [4.69, 9.17) is 11.6 Å². The molecular weight excluding hydrogens is 268 g/mol. The molecule has 0 amide bonds. The van der Waals surface area contributed by atoms with E-state index < -0.39 is 0 Å². The van der Waals surface area contributed by atoms with Crippen LogP contribution in [0.25, 0.3) is 21.3 Å². The third-order valence-corrected chi connectivity index (χ3v) is 3.95. The molecule has 0 spiro atoms. The number of benzene rings is 1. The average Bonchev–Trinajstić information content (AvgIpc) is 2.86. The summed E-state index contributed by atoms with van der Waals surface area (Å²) in [4.78, 5) is 19.2. The third kappa shape index (κ3) is 1.70. The number of rotatable bonds is 2. The highest BCUT2D eigenvalue weighted by molar-refractivity contribution is 7.17. The summed E-state index contributed by atoms with van der Waals surface area (Å²) >= 11 is 7.54. The van der Waals surface area contributed by atoms with Crippen LogP contribution in [0.3, 0.4) is 0 Å². The molecule has 0 bridgehead atoms.